The normalized spacial score (nSPS) is 10.5. The van der Waals surface area contributed by atoms with Crippen LogP contribution in [0.5, 0.6) is 0 Å². The zero-order valence-electron chi connectivity index (χ0n) is 7.98. The van der Waals surface area contributed by atoms with E-state index in [1.54, 1.807) is 23.9 Å². The third-order valence-electron chi connectivity index (χ3n) is 1.90. The average Bonchev–Trinajstić information content (AvgIpc) is 2.66. The SMILES string of the molecule is Brc1cc(CNCc2ccncn2)cs1. The summed E-state index contributed by atoms with van der Waals surface area (Å²) in [5, 5.41) is 5.46. The van der Waals surface area contributed by atoms with E-state index in [0.29, 0.717) is 0 Å². The molecule has 0 atom stereocenters. The number of nitrogens with zero attached hydrogens (tertiary/aromatic N) is 2. The highest BCUT2D eigenvalue weighted by molar-refractivity contribution is 9.11. The van der Waals surface area contributed by atoms with Crippen LogP contribution in [0.1, 0.15) is 11.3 Å². The first-order valence-corrected chi connectivity index (χ1v) is 6.20. The van der Waals surface area contributed by atoms with Gasteiger partial charge in [-0.2, -0.15) is 0 Å². The number of halogens is 1. The van der Waals surface area contributed by atoms with E-state index >= 15 is 0 Å². The second kappa shape index (κ2) is 5.34. The predicted octanol–water partition coefficient (Wildman–Crippen LogP) is 2.59. The molecule has 2 rings (SSSR count). The number of rotatable bonds is 4. The molecule has 0 bridgehead atoms. The monoisotopic (exact) mass is 283 g/mol. The zero-order valence-corrected chi connectivity index (χ0v) is 10.4. The van der Waals surface area contributed by atoms with E-state index in [4.69, 9.17) is 0 Å². The van der Waals surface area contributed by atoms with Crippen molar-refractivity contribution in [1.82, 2.24) is 15.3 Å². The minimum atomic E-state index is 0.774. The van der Waals surface area contributed by atoms with Gasteiger partial charge in [-0.15, -0.1) is 11.3 Å². The maximum atomic E-state index is 4.13. The molecule has 0 saturated heterocycles. The number of hydrogen-bond acceptors (Lipinski definition) is 4. The lowest BCUT2D eigenvalue weighted by Crippen LogP contribution is -2.13. The Hall–Kier alpha value is -0.780. The first kappa shape index (κ1) is 10.7. The van der Waals surface area contributed by atoms with Gasteiger partial charge < -0.3 is 5.32 Å². The summed E-state index contributed by atoms with van der Waals surface area (Å²) in [5.74, 6) is 0. The van der Waals surface area contributed by atoms with Crippen molar-refractivity contribution in [3.63, 3.8) is 0 Å². The molecule has 5 heteroatoms. The highest BCUT2D eigenvalue weighted by Gasteiger charge is 1.97. The number of nitrogens with one attached hydrogen (secondary N) is 1. The first-order chi connectivity index (χ1) is 7.34. The topological polar surface area (TPSA) is 37.8 Å². The molecule has 2 heterocycles. The van der Waals surface area contributed by atoms with Crippen LogP contribution >= 0.6 is 27.3 Å². The van der Waals surface area contributed by atoms with Gasteiger partial charge in [0.25, 0.3) is 0 Å². The Morgan fingerprint density at radius 2 is 2.33 bits per heavy atom. The van der Waals surface area contributed by atoms with E-state index in [1.807, 2.05) is 6.07 Å². The van der Waals surface area contributed by atoms with Crippen LogP contribution in [0.25, 0.3) is 0 Å². The van der Waals surface area contributed by atoms with Crippen LogP contribution in [0.15, 0.2) is 33.8 Å². The summed E-state index contributed by atoms with van der Waals surface area (Å²) in [5.41, 5.74) is 2.31. The van der Waals surface area contributed by atoms with Crippen LogP contribution < -0.4 is 5.32 Å². The van der Waals surface area contributed by atoms with Gasteiger partial charge in [-0.25, -0.2) is 9.97 Å². The van der Waals surface area contributed by atoms with Gasteiger partial charge in [-0.1, -0.05) is 0 Å². The van der Waals surface area contributed by atoms with Crippen molar-refractivity contribution in [3.8, 4) is 0 Å². The number of aromatic nitrogens is 2. The lowest BCUT2D eigenvalue weighted by atomic mass is 10.3. The molecule has 0 aliphatic carbocycles. The summed E-state index contributed by atoms with van der Waals surface area (Å²) in [6, 6.07) is 4.04. The largest absolute Gasteiger partial charge is 0.307 e. The van der Waals surface area contributed by atoms with Crippen LogP contribution in [0.3, 0.4) is 0 Å². The molecule has 0 aliphatic rings. The minimum absolute atomic E-state index is 0.774. The van der Waals surface area contributed by atoms with Gasteiger partial charge >= 0.3 is 0 Å². The van der Waals surface area contributed by atoms with Crippen molar-refractivity contribution in [3.05, 3.63) is 45.1 Å². The Labute approximate surface area is 101 Å². The van der Waals surface area contributed by atoms with Gasteiger partial charge in [0.1, 0.15) is 6.33 Å². The second-order valence-electron chi connectivity index (χ2n) is 3.06. The smallest absolute Gasteiger partial charge is 0.115 e. The Balaban J connectivity index is 1.80. The summed E-state index contributed by atoms with van der Waals surface area (Å²) >= 11 is 5.14. The third-order valence-corrected chi connectivity index (χ3v) is 3.45. The molecule has 0 saturated carbocycles. The molecule has 0 amide bonds. The van der Waals surface area contributed by atoms with Crippen molar-refractivity contribution in [2.75, 3.05) is 0 Å². The maximum Gasteiger partial charge on any atom is 0.115 e. The molecule has 0 fully saturated rings. The van der Waals surface area contributed by atoms with Gasteiger partial charge in [0.05, 0.1) is 9.48 Å². The fourth-order valence-corrected chi connectivity index (χ4v) is 2.41. The van der Waals surface area contributed by atoms with E-state index in [9.17, 15) is 0 Å². The van der Waals surface area contributed by atoms with E-state index < -0.39 is 0 Å². The molecule has 2 aromatic heterocycles. The van der Waals surface area contributed by atoms with Crippen LogP contribution in [-0.4, -0.2) is 9.97 Å². The highest BCUT2D eigenvalue weighted by Crippen LogP contribution is 2.20. The average molecular weight is 284 g/mol. The summed E-state index contributed by atoms with van der Waals surface area (Å²) in [7, 11) is 0. The number of thiophene rings is 1. The third kappa shape index (κ3) is 3.37. The van der Waals surface area contributed by atoms with E-state index in [1.165, 1.54) is 9.35 Å². The summed E-state index contributed by atoms with van der Waals surface area (Å²) < 4.78 is 1.17. The summed E-state index contributed by atoms with van der Waals surface area (Å²) in [6.07, 6.45) is 3.32. The molecular formula is C10H10BrN3S. The summed E-state index contributed by atoms with van der Waals surface area (Å²) in [4.78, 5) is 8.01. The second-order valence-corrected chi connectivity index (χ2v) is 5.35. The van der Waals surface area contributed by atoms with Crippen LogP contribution in [0.4, 0.5) is 0 Å². The molecule has 1 N–H and O–H groups in total. The van der Waals surface area contributed by atoms with Gasteiger partial charge in [0.15, 0.2) is 0 Å². The summed E-state index contributed by atoms with van der Waals surface area (Å²) in [6.45, 7) is 1.64. The predicted molar refractivity (Wildman–Crippen MR) is 64.6 cm³/mol. The van der Waals surface area contributed by atoms with Gasteiger partial charge in [-0.05, 0) is 39.0 Å². The van der Waals surface area contributed by atoms with E-state index in [0.717, 1.165) is 18.8 Å². The Morgan fingerprint density at radius 1 is 1.40 bits per heavy atom. The standard InChI is InChI=1S/C10H10BrN3S/c11-10-3-8(6-15-10)4-13-5-9-1-2-12-7-14-9/h1-3,6-7,13H,4-5H2. The lowest BCUT2D eigenvalue weighted by molar-refractivity contribution is 0.679. The highest BCUT2D eigenvalue weighted by atomic mass is 79.9. The quantitative estimate of drug-likeness (QED) is 0.937. The van der Waals surface area contributed by atoms with E-state index in [-0.39, 0.29) is 0 Å². The van der Waals surface area contributed by atoms with E-state index in [2.05, 4.69) is 42.7 Å². The Morgan fingerprint density at radius 3 is 3.00 bits per heavy atom. The molecule has 0 aromatic carbocycles. The van der Waals surface area contributed by atoms with Gasteiger partial charge in [-0.3, -0.25) is 0 Å². The molecule has 0 radical (unpaired) electrons. The van der Waals surface area contributed by atoms with Crippen LogP contribution in [0, 0.1) is 0 Å². The van der Waals surface area contributed by atoms with Crippen LogP contribution in [-0.2, 0) is 13.1 Å². The molecule has 15 heavy (non-hydrogen) atoms. The molecule has 0 spiro atoms. The molecule has 0 unspecified atom stereocenters. The lowest BCUT2D eigenvalue weighted by Gasteiger charge is -2.01. The molecule has 3 nitrogen and oxygen atoms in total. The zero-order chi connectivity index (χ0) is 10.5. The van der Waals surface area contributed by atoms with Gasteiger partial charge in [0, 0.05) is 19.3 Å². The van der Waals surface area contributed by atoms with Gasteiger partial charge in [0.2, 0.25) is 0 Å². The van der Waals surface area contributed by atoms with Crippen molar-refractivity contribution in [2.24, 2.45) is 0 Å². The maximum absolute atomic E-state index is 4.13. The fourth-order valence-electron chi connectivity index (χ4n) is 1.20. The fraction of sp³-hybridized carbons (Fsp3) is 0.200. The van der Waals surface area contributed by atoms with Crippen molar-refractivity contribution in [2.45, 2.75) is 13.1 Å². The van der Waals surface area contributed by atoms with Crippen molar-refractivity contribution < 1.29 is 0 Å². The Bertz CT molecular complexity index is 416. The van der Waals surface area contributed by atoms with Crippen LogP contribution in [0.2, 0.25) is 0 Å². The minimum Gasteiger partial charge on any atom is -0.307 e. The molecule has 78 valence electrons. The molecule has 2 aromatic rings. The van der Waals surface area contributed by atoms with Crippen molar-refractivity contribution >= 4 is 27.3 Å². The molecular weight excluding hydrogens is 274 g/mol. The first-order valence-electron chi connectivity index (χ1n) is 4.53. The molecule has 0 aliphatic heterocycles. The van der Waals surface area contributed by atoms with Crippen molar-refractivity contribution in [1.29, 1.82) is 0 Å². The number of hydrogen-bond donors (Lipinski definition) is 1. The Kier molecular flexibility index (Phi) is 3.82.